The van der Waals surface area contributed by atoms with Crippen LogP contribution in [-0.2, 0) is 0 Å². The van der Waals surface area contributed by atoms with Gasteiger partial charge in [-0.25, -0.2) is 4.98 Å². The van der Waals surface area contributed by atoms with Crippen molar-refractivity contribution in [1.82, 2.24) is 20.1 Å². The van der Waals surface area contributed by atoms with Crippen molar-refractivity contribution >= 4 is 16.9 Å². The molecule has 1 aromatic carbocycles. The SMILES string of the molecule is CC(C)c1nc([C@H]2CCCN2c2cnc3ccccc3n2)no1. The molecule has 1 fully saturated rings. The predicted octanol–water partition coefficient (Wildman–Crippen LogP) is 3.48. The lowest BCUT2D eigenvalue weighted by molar-refractivity contribution is 0.358. The highest BCUT2D eigenvalue weighted by Crippen LogP contribution is 2.34. The van der Waals surface area contributed by atoms with Crippen molar-refractivity contribution in [2.24, 2.45) is 0 Å². The zero-order chi connectivity index (χ0) is 15.8. The van der Waals surface area contributed by atoms with E-state index in [1.54, 1.807) is 0 Å². The molecule has 6 nitrogen and oxygen atoms in total. The molecule has 3 aromatic rings. The van der Waals surface area contributed by atoms with Gasteiger partial charge in [-0.05, 0) is 25.0 Å². The number of para-hydroxylation sites is 2. The Morgan fingerprint density at radius 3 is 2.78 bits per heavy atom. The van der Waals surface area contributed by atoms with Gasteiger partial charge >= 0.3 is 0 Å². The average molecular weight is 309 g/mol. The van der Waals surface area contributed by atoms with Crippen molar-refractivity contribution in [1.29, 1.82) is 0 Å². The molecule has 1 atom stereocenters. The molecule has 0 radical (unpaired) electrons. The number of fused-ring (bicyclic) bond motifs is 1. The Balaban J connectivity index is 1.68. The molecule has 1 saturated heterocycles. The molecule has 118 valence electrons. The summed E-state index contributed by atoms with van der Waals surface area (Å²) in [7, 11) is 0. The van der Waals surface area contributed by atoms with Crippen molar-refractivity contribution < 1.29 is 4.52 Å². The molecule has 1 aliphatic heterocycles. The Hall–Kier alpha value is -2.50. The van der Waals surface area contributed by atoms with E-state index in [2.05, 4.69) is 33.9 Å². The van der Waals surface area contributed by atoms with Crippen LogP contribution in [0.15, 0.2) is 35.0 Å². The third-order valence-electron chi connectivity index (χ3n) is 4.23. The predicted molar refractivity (Wildman–Crippen MR) is 87.2 cm³/mol. The number of rotatable bonds is 3. The Kier molecular flexibility index (Phi) is 3.44. The second kappa shape index (κ2) is 5.61. The minimum Gasteiger partial charge on any atom is -0.345 e. The van der Waals surface area contributed by atoms with Crippen LogP contribution in [-0.4, -0.2) is 26.7 Å². The molecular weight excluding hydrogens is 290 g/mol. The molecule has 0 aliphatic carbocycles. The Morgan fingerprint density at radius 2 is 2.00 bits per heavy atom. The summed E-state index contributed by atoms with van der Waals surface area (Å²) in [5.41, 5.74) is 1.82. The summed E-state index contributed by atoms with van der Waals surface area (Å²) in [6.45, 7) is 5.04. The normalized spacial score (nSPS) is 18.2. The summed E-state index contributed by atoms with van der Waals surface area (Å²) >= 11 is 0. The lowest BCUT2D eigenvalue weighted by Crippen LogP contribution is -2.24. The molecule has 1 aliphatic rings. The number of benzene rings is 1. The molecule has 4 rings (SSSR count). The van der Waals surface area contributed by atoms with Crippen molar-refractivity contribution in [3.63, 3.8) is 0 Å². The van der Waals surface area contributed by atoms with E-state index in [1.807, 2.05) is 30.5 Å². The fourth-order valence-electron chi connectivity index (χ4n) is 3.01. The minimum atomic E-state index is 0.113. The van der Waals surface area contributed by atoms with Gasteiger partial charge in [0.25, 0.3) is 0 Å². The van der Waals surface area contributed by atoms with Crippen LogP contribution in [0.1, 0.15) is 50.4 Å². The van der Waals surface area contributed by atoms with Crippen LogP contribution in [0.2, 0.25) is 0 Å². The van der Waals surface area contributed by atoms with Crippen LogP contribution in [0.4, 0.5) is 5.82 Å². The fraction of sp³-hybridized carbons (Fsp3) is 0.412. The summed E-state index contributed by atoms with van der Waals surface area (Å²) in [5, 5.41) is 4.18. The van der Waals surface area contributed by atoms with Gasteiger partial charge < -0.3 is 9.42 Å². The van der Waals surface area contributed by atoms with Crippen molar-refractivity contribution in [3.8, 4) is 0 Å². The van der Waals surface area contributed by atoms with E-state index in [-0.39, 0.29) is 12.0 Å². The third-order valence-corrected chi connectivity index (χ3v) is 4.23. The highest BCUT2D eigenvalue weighted by molar-refractivity contribution is 5.75. The molecule has 0 unspecified atom stereocenters. The van der Waals surface area contributed by atoms with Gasteiger partial charge in [0.05, 0.1) is 23.3 Å². The van der Waals surface area contributed by atoms with Crippen LogP contribution in [0.25, 0.3) is 11.0 Å². The highest BCUT2D eigenvalue weighted by Gasteiger charge is 2.31. The lowest BCUT2D eigenvalue weighted by Gasteiger charge is -2.23. The maximum absolute atomic E-state index is 5.37. The second-order valence-electron chi connectivity index (χ2n) is 6.21. The van der Waals surface area contributed by atoms with Crippen LogP contribution < -0.4 is 4.90 Å². The van der Waals surface area contributed by atoms with E-state index in [0.29, 0.717) is 5.89 Å². The summed E-state index contributed by atoms with van der Waals surface area (Å²) in [6, 6.07) is 8.03. The molecule has 0 spiro atoms. The van der Waals surface area contributed by atoms with E-state index in [1.165, 1.54) is 0 Å². The van der Waals surface area contributed by atoms with E-state index < -0.39 is 0 Å². The van der Waals surface area contributed by atoms with Gasteiger partial charge in [-0.15, -0.1) is 0 Å². The number of nitrogens with zero attached hydrogens (tertiary/aromatic N) is 5. The monoisotopic (exact) mass is 309 g/mol. The average Bonchev–Trinajstić information content (AvgIpc) is 3.23. The maximum Gasteiger partial charge on any atom is 0.229 e. The van der Waals surface area contributed by atoms with Crippen LogP contribution in [0, 0.1) is 0 Å². The van der Waals surface area contributed by atoms with Gasteiger partial charge in [-0.1, -0.05) is 31.1 Å². The summed E-state index contributed by atoms with van der Waals surface area (Å²) < 4.78 is 5.37. The zero-order valence-electron chi connectivity index (χ0n) is 13.3. The van der Waals surface area contributed by atoms with Gasteiger partial charge in [0, 0.05) is 12.5 Å². The summed E-state index contributed by atoms with van der Waals surface area (Å²) in [4.78, 5) is 16.1. The van der Waals surface area contributed by atoms with Crippen LogP contribution >= 0.6 is 0 Å². The smallest absolute Gasteiger partial charge is 0.229 e. The van der Waals surface area contributed by atoms with Crippen LogP contribution in [0.3, 0.4) is 0 Å². The number of hydrogen-bond donors (Lipinski definition) is 0. The van der Waals surface area contributed by atoms with E-state index in [4.69, 9.17) is 9.51 Å². The molecule has 0 saturated carbocycles. The van der Waals surface area contributed by atoms with Gasteiger partial charge in [0.2, 0.25) is 5.89 Å². The molecule has 0 bridgehead atoms. The van der Waals surface area contributed by atoms with E-state index in [9.17, 15) is 0 Å². The molecule has 23 heavy (non-hydrogen) atoms. The fourth-order valence-corrected chi connectivity index (χ4v) is 3.01. The first-order chi connectivity index (χ1) is 11.2. The van der Waals surface area contributed by atoms with Crippen LogP contribution in [0.5, 0.6) is 0 Å². The Labute approximate surface area is 134 Å². The largest absolute Gasteiger partial charge is 0.345 e. The molecule has 6 heteroatoms. The topological polar surface area (TPSA) is 67.9 Å². The first kappa shape index (κ1) is 14.1. The molecule has 2 aromatic heterocycles. The number of aromatic nitrogens is 4. The summed E-state index contributed by atoms with van der Waals surface area (Å²) in [6.07, 6.45) is 3.93. The van der Waals surface area contributed by atoms with Crippen molar-refractivity contribution in [3.05, 3.63) is 42.2 Å². The number of hydrogen-bond acceptors (Lipinski definition) is 6. The lowest BCUT2D eigenvalue weighted by atomic mass is 10.2. The van der Waals surface area contributed by atoms with Gasteiger partial charge in [-0.2, -0.15) is 4.98 Å². The molecule has 0 amide bonds. The van der Waals surface area contributed by atoms with E-state index >= 15 is 0 Å². The first-order valence-corrected chi connectivity index (χ1v) is 8.04. The standard InChI is InChI=1S/C17H19N5O/c1-11(2)17-20-16(21-23-17)14-8-5-9-22(14)15-10-18-12-6-3-4-7-13(12)19-15/h3-4,6-7,10-11,14H,5,8-9H2,1-2H3/t14-/m1/s1. The van der Waals surface area contributed by atoms with E-state index in [0.717, 1.165) is 42.1 Å². The summed E-state index contributed by atoms with van der Waals surface area (Å²) in [5.74, 6) is 2.56. The Morgan fingerprint density at radius 1 is 1.17 bits per heavy atom. The molecule has 0 N–H and O–H groups in total. The number of anilines is 1. The zero-order valence-corrected chi connectivity index (χ0v) is 13.3. The first-order valence-electron chi connectivity index (χ1n) is 8.04. The van der Waals surface area contributed by atoms with Gasteiger partial charge in [-0.3, -0.25) is 4.98 Å². The Bertz CT molecular complexity index is 828. The molecular formula is C17H19N5O. The molecule has 3 heterocycles. The maximum atomic E-state index is 5.37. The quantitative estimate of drug-likeness (QED) is 0.738. The van der Waals surface area contributed by atoms with Crippen molar-refractivity contribution in [2.45, 2.75) is 38.6 Å². The second-order valence-corrected chi connectivity index (χ2v) is 6.21. The van der Waals surface area contributed by atoms with Gasteiger partial charge in [0.1, 0.15) is 5.82 Å². The third kappa shape index (κ3) is 2.54. The van der Waals surface area contributed by atoms with Crippen molar-refractivity contribution in [2.75, 3.05) is 11.4 Å². The highest BCUT2D eigenvalue weighted by atomic mass is 16.5. The van der Waals surface area contributed by atoms with Gasteiger partial charge in [0.15, 0.2) is 5.82 Å². The minimum absolute atomic E-state index is 0.113.